The van der Waals surface area contributed by atoms with Crippen LogP contribution in [-0.4, -0.2) is 15.6 Å². The minimum absolute atomic E-state index is 0.291. The Balaban J connectivity index is 1.88. The molecule has 0 aliphatic rings. The number of nitrogens with two attached hydrogens (primary N) is 2. The quantitative estimate of drug-likeness (QED) is 0.396. The minimum atomic E-state index is -0.535. The summed E-state index contributed by atoms with van der Waals surface area (Å²) in [5.74, 6) is -0.171. The molecule has 32 heavy (non-hydrogen) atoms. The van der Waals surface area contributed by atoms with Crippen LogP contribution in [0.25, 0.3) is 32.9 Å². The fourth-order valence-corrected chi connectivity index (χ4v) is 4.42. The molecule has 0 radical (unpaired) electrons. The van der Waals surface area contributed by atoms with Crippen molar-refractivity contribution in [3.63, 3.8) is 0 Å². The highest BCUT2D eigenvalue weighted by atomic mass is 19.1. The van der Waals surface area contributed by atoms with Crippen LogP contribution >= 0.6 is 0 Å². The SMILES string of the molecule is Cc1noc(C)c1-c1cc(C(N)=O)c2c3cc(N)ccc3n(Cc3ccc(F)cc3)c2c1. The van der Waals surface area contributed by atoms with Crippen LogP contribution in [-0.2, 0) is 6.54 Å². The summed E-state index contributed by atoms with van der Waals surface area (Å²) in [5.41, 5.74) is 17.9. The molecule has 0 saturated carbocycles. The van der Waals surface area contributed by atoms with Gasteiger partial charge in [0.05, 0.1) is 11.2 Å². The maximum Gasteiger partial charge on any atom is 0.249 e. The Bertz CT molecular complexity index is 1490. The van der Waals surface area contributed by atoms with E-state index in [0.29, 0.717) is 23.6 Å². The van der Waals surface area contributed by atoms with E-state index in [1.165, 1.54) is 12.1 Å². The third kappa shape index (κ3) is 3.10. The van der Waals surface area contributed by atoms with Crippen LogP contribution in [0.2, 0.25) is 0 Å². The lowest BCUT2D eigenvalue weighted by Crippen LogP contribution is -2.12. The zero-order valence-electron chi connectivity index (χ0n) is 17.6. The maximum absolute atomic E-state index is 13.5. The number of aromatic nitrogens is 2. The van der Waals surface area contributed by atoms with Gasteiger partial charge in [-0.25, -0.2) is 4.39 Å². The lowest BCUT2D eigenvalue weighted by molar-refractivity contribution is 0.100. The van der Waals surface area contributed by atoms with Gasteiger partial charge in [-0.15, -0.1) is 0 Å². The number of rotatable bonds is 4. The summed E-state index contributed by atoms with van der Waals surface area (Å²) in [7, 11) is 0. The van der Waals surface area contributed by atoms with Gasteiger partial charge in [-0.05, 0) is 67.4 Å². The highest BCUT2D eigenvalue weighted by molar-refractivity contribution is 6.19. The zero-order chi connectivity index (χ0) is 22.6. The number of carbonyl (C=O) groups excluding carboxylic acids is 1. The Morgan fingerprint density at radius 1 is 1.06 bits per heavy atom. The average molecular weight is 428 g/mol. The van der Waals surface area contributed by atoms with E-state index >= 15 is 0 Å². The first-order valence-electron chi connectivity index (χ1n) is 10.2. The molecule has 0 fully saturated rings. The number of nitrogens with zero attached hydrogens (tertiary/aromatic N) is 2. The molecule has 2 aromatic heterocycles. The summed E-state index contributed by atoms with van der Waals surface area (Å²) in [6, 6.07) is 15.7. The van der Waals surface area contributed by atoms with Crippen molar-refractivity contribution in [2.24, 2.45) is 5.73 Å². The molecule has 5 rings (SSSR count). The van der Waals surface area contributed by atoms with E-state index in [4.69, 9.17) is 16.0 Å². The zero-order valence-corrected chi connectivity index (χ0v) is 17.6. The maximum atomic E-state index is 13.5. The number of primary amides is 1. The third-order valence-electron chi connectivity index (χ3n) is 5.83. The van der Waals surface area contributed by atoms with Gasteiger partial charge in [-0.1, -0.05) is 17.3 Å². The second-order valence-corrected chi connectivity index (χ2v) is 7.97. The largest absolute Gasteiger partial charge is 0.399 e. The predicted octanol–water partition coefficient (Wildman–Crippen LogP) is 4.93. The van der Waals surface area contributed by atoms with Crippen LogP contribution in [0.1, 0.15) is 27.4 Å². The van der Waals surface area contributed by atoms with Gasteiger partial charge in [-0.2, -0.15) is 0 Å². The van der Waals surface area contributed by atoms with Crippen molar-refractivity contribution in [3.8, 4) is 11.1 Å². The fraction of sp³-hybridized carbons (Fsp3) is 0.120. The molecule has 3 aromatic carbocycles. The molecule has 4 N–H and O–H groups in total. The number of carbonyl (C=O) groups is 1. The molecule has 0 saturated heterocycles. The Hall–Kier alpha value is -4.13. The van der Waals surface area contributed by atoms with Gasteiger partial charge in [0.2, 0.25) is 5.91 Å². The van der Waals surface area contributed by atoms with Gasteiger partial charge >= 0.3 is 0 Å². The Kier molecular flexibility index (Phi) is 4.48. The lowest BCUT2D eigenvalue weighted by Gasteiger charge is -2.10. The first-order valence-corrected chi connectivity index (χ1v) is 10.2. The van der Waals surface area contributed by atoms with Crippen LogP contribution in [0.4, 0.5) is 10.1 Å². The van der Waals surface area contributed by atoms with E-state index < -0.39 is 5.91 Å². The minimum Gasteiger partial charge on any atom is -0.399 e. The van der Waals surface area contributed by atoms with Gasteiger partial charge in [0.25, 0.3) is 0 Å². The van der Waals surface area contributed by atoms with Gasteiger partial charge in [-0.3, -0.25) is 4.79 Å². The predicted molar refractivity (Wildman–Crippen MR) is 123 cm³/mol. The number of aryl methyl sites for hydroxylation is 2. The second-order valence-electron chi connectivity index (χ2n) is 7.97. The highest BCUT2D eigenvalue weighted by Gasteiger charge is 2.21. The molecule has 160 valence electrons. The van der Waals surface area contributed by atoms with Crippen LogP contribution in [0.15, 0.2) is 59.1 Å². The van der Waals surface area contributed by atoms with Crippen molar-refractivity contribution in [2.75, 3.05) is 5.73 Å². The average Bonchev–Trinajstić information content (AvgIpc) is 3.25. The molecular formula is C25H21FN4O2. The van der Waals surface area contributed by atoms with Gasteiger partial charge in [0.1, 0.15) is 11.6 Å². The van der Waals surface area contributed by atoms with Gasteiger partial charge in [0, 0.05) is 39.6 Å². The summed E-state index contributed by atoms with van der Waals surface area (Å²) in [6.07, 6.45) is 0. The number of hydrogen-bond acceptors (Lipinski definition) is 4. The molecule has 1 amide bonds. The number of halogens is 1. The molecule has 6 nitrogen and oxygen atoms in total. The Morgan fingerprint density at radius 3 is 2.47 bits per heavy atom. The van der Waals surface area contributed by atoms with Gasteiger partial charge < -0.3 is 20.6 Å². The normalized spacial score (nSPS) is 11.5. The summed E-state index contributed by atoms with van der Waals surface area (Å²) >= 11 is 0. The first-order chi connectivity index (χ1) is 15.3. The molecule has 0 aliphatic heterocycles. The number of benzene rings is 3. The smallest absolute Gasteiger partial charge is 0.249 e. The van der Waals surface area contributed by atoms with Crippen molar-refractivity contribution in [1.82, 2.24) is 9.72 Å². The molecule has 0 unspecified atom stereocenters. The van der Waals surface area contributed by atoms with Gasteiger partial charge in [0.15, 0.2) is 0 Å². The summed E-state index contributed by atoms with van der Waals surface area (Å²) < 4.78 is 20.9. The highest BCUT2D eigenvalue weighted by Crippen LogP contribution is 2.38. The number of anilines is 1. The molecule has 0 bridgehead atoms. The van der Waals surface area contributed by atoms with Crippen molar-refractivity contribution in [3.05, 3.63) is 83.0 Å². The van der Waals surface area contributed by atoms with Crippen molar-refractivity contribution >= 4 is 33.4 Å². The van der Waals surface area contributed by atoms with E-state index in [-0.39, 0.29) is 5.82 Å². The number of fused-ring (bicyclic) bond motifs is 3. The molecule has 0 atom stereocenters. The Labute approximate surface area is 183 Å². The molecule has 0 spiro atoms. The molecular weight excluding hydrogens is 407 g/mol. The Morgan fingerprint density at radius 2 is 1.81 bits per heavy atom. The van der Waals surface area contributed by atoms with E-state index in [1.54, 1.807) is 18.2 Å². The number of nitrogen functional groups attached to an aromatic ring is 1. The van der Waals surface area contributed by atoms with Crippen molar-refractivity contribution in [1.29, 1.82) is 0 Å². The van der Waals surface area contributed by atoms with Crippen LogP contribution < -0.4 is 11.5 Å². The van der Waals surface area contributed by atoms with Crippen molar-refractivity contribution in [2.45, 2.75) is 20.4 Å². The van der Waals surface area contributed by atoms with Crippen LogP contribution in [0.5, 0.6) is 0 Å². The third-order valence-corrected chi connectivity index (χ3v) is 5.83. The van der Waals surface area contributed by atoms with Crippen LogP contribution in [0, 0.1) is 19.7 Å². The fourth-order valence-electron chi connectivity index (χ4n) is 4.42. The summed E-state index contributed by atoms with van der Waals surface area (Å²) in [5, 5.41) is 5.62. The lowest BCUT2D eigenvalue weighted by atomic mass is 9.97. The molecule has 2 heterocycles. The van der Waals surface area contributed by atoms with Crippen molar-refractivity contribution < 1.29 is 13.7 Å². The van der Waals surface area contributed by atoms with E-state index in [2.05, 4.69) is 9.72 Å². The van der Waals surface area contributed by atoms with E-state index in [9.17, 15) is 9.18 Å². The molecule has 0 aliphatic carbocycles. The first kappa shape index (κ1) is 19.8. The topological polar surface area (TPSA) is 100 Å². The second kappa shape index (κ2) is 7.23. The summed E-state index contributed by atoms with van der Waals surface area (Å²) in [6.45, 7) is 4.17. The van der Waals surface area contributed by atoms with Crippen LogP contribution in [0.3, 0.4) is 0 Å². The number of hydrogen-bond donors (Lipinski definition) is 2. The molecule has 5 aromatic rings. The summed E-state index contributed by atoms with van der Waals surface area (Å²) in [4.78, 5) is 12.5. The standard InChI is InChI=1S/C25H21FN4O2/c1-13-23(14(2)32-29-13)16-9-20(25(28)31)24-19-11-18(27)7-8-21(19)30(22(24)10-16)12-15-3-5-17(26)6-4-15/h3-11H,12,27H2,1-2H3,(H2,28,31). The van der Waals surface area contributed by atoms with E-state index in [1.807, 2.05) is 38.1 Å². The number of amides is 1. The molecule has 7 heteroatoms. The monoisotopic (exact) mass is 428 g/mol. The van der Waals surface area contributed by atoms with E-state index in [0.717, 1.165) is 44.2 Å².